The van der Waals surface area contributed by atoms with E-state index in [2.05, 4.69) is 29.1 Å². The molecule has 21 heavy (non-hydrogen) atoms. The van der Waals surface area contributed by atoms with E-state index in [1.165, 1.54) is 0 Å². The molecule has 2 aromatic heterocycles. The first-order chi connectivity index (χ1) is 10.1. The second kappa shape index (κ2) is 7.36. The number of imidazole rings is 1. The second-order valence-electron chi connectivity index (χ2n) is 5.17. The number of aryl methyl sites for hydroxylation is 3. The normalized spacial score (nSPS) is 12.3. The molecular weight excluding hydrogens is 284 g/mol. The number of thiazole rings is 1. The van der Waals surface area contributed by atoms with E-state index in [1.807, 2.05) is 23.1 Å². The third kappa shape index (κ3) is 4.39. The first-order valence-electron chi connectivity index (χ1n) is 7.29. The highest BCUT2D eigenvalue weighted by Crippen LogP contribution is 2.18. The van der Waals surface area contributed by atoms with Gasteiger partial charge < -0.3 is 9.88 Å². The van der Waals surface area contributed by atoms with Crippen LogP contribution in [0.1, 0.15) is 42.7 Å². The quantitative estimate of drug-likeness (QED) is 0.855. The van der Waals surface area contributed by atoms with Crippen LogP contribution in [0.25, 0.3) is 0 Å². The predicted molar refractivity (Wildman–Crippen MR) is 84.5 cm³/mol. The summed E-state index contributed by atoms with van der Waals surface area (Å²) in [5.41, 5.74) is 1.04. The van der Waals surface area contributed by atoms with E-state index in [4.69, 9.17) is 0 Å². The Morgan fingerprint density at radius 2 is 2.33 bits per heavy atom. The largest absolute Gasteiger partial charge is 0.355 e. The van der Waals surface area contributed by atoms with E-state index in [0.29, 0.717) is 19.5 Å². The fraction of sp³-hybridized carbons (Fsp3) is 0.533. The smallest absolute Gasteiger partial charge is 0.221 e. The molecule has 1 amide bonds. The number of nitrogens with one attached hydrogen (secondary N) is 1. The molecule has 2 aromatic rings. The van der Waals surface area contributed by atoms with Crippen molar-refractivity contribution in [2.75, 3.05) is 6.54 Å². The lowest BCUT2D eigenvalue weighted by Gasteiger charge is -2.11. The molecule has 0 aliphatic heterocycles. The highest BCUT2D eigenvalue weighted by molar-refractivity contribution is 7.09. The van der Waals surface area contributed by atoms with Gasteiger partial charge in [0.25, 0.3) is 0 Å². The van der Waals surface area contributed by atoms with Crippen molar-refractivity contribution in [2.45, 2.75) is 46.1 Å². The van der Waals surface area contributed by atoms with E-state index >= 15 is 0 Å². The zero-order valence-electron chi connectivity index (χ0n) is 12.8. The van der Waals surface area contributed by atoms with Crippen molar-refractivity contribution in [1.29, 1.82) is 0 Å². The topological polar surface area (TPSA) is 59.8 Å². The number of carbonyl (C=O) groups is 1. The molecule has 0 aliphatic carbocycles. The van der Waals surface area contributed by atoms with Gasteiger partial charge in [-0.1, -0.05) is 13.8 Å². The molecule has 6 heteroatoms. The van der Waals surface area contributed by atoms with E-state index in [9.17, 15) is 4.79 Å². The van der Waals surface area contributed by atoms with Gasteiger partial charge in [-0.15, -0.1) is 11.3 Å². The van der Waals surface area contributed by atoms with Gasteiger partial charge in [0.15, 0.2) is 0 Å². The SMILES string of the molecule is CCc1nccn1CCC(=O)NC[C@H](C)c1nc(C)cs1. The van der Waals surface area contributed by atoms with Crippen LogP contribution in [-0.2, 0) is 17.8 Å². The molecule has 1 atom stereocenters. The summed E-state index contributed by atoms with van der Waals surface area (Å²) in [5, 5.41) is 6.10. The van der Waals surface area contributed by atoms with Gasteiger partial charge in [-0.2, -0.15) is 0 Å². The zero-order valence-corrected chi connectivity index (χ0v) is 13.6. The minimum atomic E-state index is 0.0749. The second-order valence-corrected chi connectivity index (χ2v) is 6.06. The van der Waals surface area contributed by atoms with Gasteiger partial charge in [-0.3, -0.25) is 4.79 Å². The number of hydrogen-bond acceptors (Lipinski definition) is 4. The van der Waals surface area contributed by atoms with Crippen LogP contribution >= 0.6 is 11.3 Å². The maximum atomic E-state index is 11.9. The Morgan fingerprint density at radius 1 is 1.52 bits per heavy atom. The summed E-state index contributed by atoms with van der Waals surface area (Å²) < 4.78 is 2.03. The summed E-state index contributed by atoms with van der Waals surface area (Å²) in [6.07, 6.45) is 5.07. The Kier molecular flexibility index (Phi) is 5.50. The van der Waals surface area contributed by atoms with Gasteiger partial charge in [-0.05, 0) is 6.92 Å². The third-order valence-corrected chi connectivity index (χ3v) is 4.56. The number of hydrogen-bond donors (Lipinski definition) is 1. The highest BCUT2D eigenvalue weighted by Gasteiger charge is 2.11. The summed E-state index contributed by atoms with van der Waals surface area (Å²) in [6.45, 7) is 7.46. The summed E-state index contributed by atoms with van der Waals surface area (Å²) in [4.78, 5) is 20.6. The van der Waals surface area contributed by atoms with Crippen LogP contribution < -0.4 is 5.32 Å². The predicted octanol–water partition coefficient (Wildman–Crippen LogP) is 2.52. The molecule has 2 rings (SSSR count). The number of amides is 1. The van der Waals surface area contributed by atoms with Crippen molar-refractivity contribution < 1.29 is 4.79 Å². The minimum absolute atomic E-state index is 0.0749. The fourth-order valence-corrected chi connectivity index (χ4v) is 2.98. The third-order valence-electron chi connectivity index (χ3n) is 3.36. The van der Waals surface area contributed by atoms with Crippen molar-refractivity contribution in [3.63, 3.8) is 0 Å². The molecule has 0 aromatic carbocycles. The summed E-state index contributed by atoms with van der Waals surface area (Å²) >= 11 is 1.65. The first kappa shape index (κ1) is 15.7. The lowest BCUT2D eigenvalue weighted by molar-refractivity contribution is -0.121. The standard InChI is InChI=1S/C15H22N4OS/c1-4-13-16-6-8-19(13)7-5-14(20)17-9-11(2)15-18-12(3)10-21-15/h6,8,10-11H,4-5,7,9H2,1-3H3,(H,17,20)/t11-/m0/s1. The molecule has 0 unspecified atom stereocenters. The number of rotatable bonds is 7. The van der Waals surface area contributed by atoms with Crippen LogP contribution in [0.4, 0.5) is 0 Å². The van der Waals surface area contributed by atoms with Crippen molar-refractivity contribution in [3.05, 3.63) is 34.3 Å². The van der Waals surface area contributed by atoms with Crippen LogP contribution in [0.3, 0.4) is 0 Å². The van der Waals surface area contributed by atoms with Crippen molar-refractivity contribution in [1.82, 2.24) is 19.9 Å². The van der Waals surface area contributed by atoms with E-state index in [1.54, 1.807) is 17.5 Å². The maximum Gasteiger partial charge on any atom is 0.221 e. The molecule has 0 spiro atoms. The van der Waals surface area contributed by atoms with Gasteiger partial charge in [0, 0.05) is 55.3 Å². The average molecular weight is 306 g/mol. The highest BCUT2D eigenvalue weighted by atomic mass is 32.1. The van der Waals surface area contributed by atoms with E-state index in [0.717, 1.165) is 22.9 Å². The summed E-state index contributed by atoms with van der Waals surface area (Å²) in [7, 11) is 0. The van der Waals surface area contributed by atoms with Crippen LogP contribution in [0.5, 0.6) is 0 Å². The molecular formula is C15H22N4OS. The van der Waals surface area contributed by atoms with E-state index in [-0.39, 0.29) is 11.8 Å². The molecule has 0 aliphatic rings. The Bertz CT molecular complexity index is 590. The van der Waals surface area contributed by atoms with Crippen LogP contribution in [0, 0.1) is 6.92 Å². The molecule has 2 heterocycles. The molecule has 114 valence electrons. The number of nitrogens with zero attached hydrogens (tertiary/aromatic N) is 3. The first-order valence-corrected chi connectivity index (χ1v) is 8.16. The van der Waals surface area contributed by atoms with Gasteiger partial charge in [0.1, 0.15) is 5.82 Å². The lowest BCUT2D eigenvalue weighted by atomic mass is 10.2. The fourth-order valence-electron chi connectivity index (χ4n) is 2.12. The summed E-state index contributed by atoms with van der Waals surface area (Å²) in [5.74, 6) is 1.35. The summed E-state index contributed by atoms with van der Waals surface area (Å²) in [6, 6.07) is 0. The molecule has 5 nitrogen and oxygen atoms in total. The minimum Gasteiger partial charge on any atom is -0.355 e. The van der Waals surface area contributed by atoms with Crippen molar-refractivity contribution in [3.8, 4) is 0 Å². The molecule has 1 N–H and O–H groups in total. The van der Waals surface area contributed by atoms with Crippen molar-refractivity contribution in [2.24, 2.45) is 0 Å². The van der Waals surface area contributed by atoms with E-state index < -0.39 is 0 Å². The Hall–Kier alpha value is -1.69. The molecule has 0 bridgehead atoms. The lowest BCUT2D eigenvalue weighted by Crippen LogP contribution is -2.28. The van der Waals surface area contributed by atoms with Crippen molar-refractivity contribution >= 4 is 17.2 Å². The van der Waals surface area contributed by atoms with Gasteiger partial charge >= 0.3 is 0 Å². The molecule has 0 radical (unpaired) electrons. The van der Waals surface area contributed by atoms with Gasteiger partial charge in [-0.25, -0.2) is 9.97 Å². The zero-order chi connectivity index (χ0) is 15.2. The molecule has 0 fully saturated rings. The molecule has 0 saturated carbocycles. The Morgan fingerprint density at radius 3 is 3.00 bits per heavy atom. The number of aromatic nitrogens is 3. The Labute approximate surface area is 129 Å². The molecule has 0 saturated heterocycles. The van der Waals surface area contributed by atoms with Crippen LogP contribution in [0.2, 0.25) is 0 Å². The maximum absolute atomic E-state index is 11.9. The number of carbonyl (C=O) groups excluding carboxylic acids is 1. The van der Waals surface area contributed by atoms with Gasteiger partial charge in [0.2, 0.25) is 5.91 Å². The van der Waals surface area contributed by atoms with Crippen LogP contribution in [-0.4, -0.2) is 27.0 Å². The van der Waals surface area contributed by atoms with Gasteiger partial charge in [0.05, 0.1) is 5.01 Å². The Balaban J connectivity index is 1.75. The van der Waals surface area contributed by atoms with Crippen LogP contribution in [0.15, 0.2) is 17.8 Å². The monoisotopic (exact) mass is 306 g/mol. The average Bonchev–Trinajstić information content (AvgIpc) is 3.10.